The van der Waals surface area contributed by atoms with Crippen molar-refractivity contribution in [3.8, 4) is 0 Å². The largest absolute Gasteiger partial charge is 0.443 e. The van der Waals surface area contributed by atoms with E-state index >= 15 is 0 Å². The van der Waals surface area contributed by atoms with Gasteiger partial charge >= 0.3 is 6.09 Å². The van der Waals surface area contributed by atoms with Gasteiger partial charge in [0.25, 0.3) is 5.69 Å². The summed E-state index contributed by atoms with van der Waals surface area (Å²) in [4.78, 5) is 23.4. The van der Waals surface area contributed by atoms with Gasteiger partial charge in [-0.25, -0.2) is 4.79 Å². The maximum atomic E-state index is 12.0. The van der Waals surface area contributed by atoms with Crippen molar-refractivity contribution >= 4 is 28.6 Å². The summed E-state index contributed by atoms with van der Waals surface area (Å²) in [6, 6.07) is 4.07. The summed E-state index contributed by atoms with van der Waals surface area (Å²) < 4.78 is 10.3. The smallest absolute Gasteiger partial charge is 0.415 e. The first kappa shape index (κ1) is 14.8. The van der Waals surface area contributed by atoms with Crippen LogP contribution in [0, 0.1) is 10.1 Å². The number of benzene rings is 1. The molecule has 2 aromatic rings. The molecule has 0 N–H and O–H groups in total. The van der Waals surface area contributed by atoms with Crippen molar-refractivity contribution in [3.05, 3.63) is 28.3 Å². The standard InChI is InChI=1S/C13H15N3O5/c1-13(2,3)20-12(17)15(4)11-9-6-5-8(16(18)19)7-10(9)21-14-11/h5-7H,1-4H3. The molecule has 21 heavy (non-hydrogen) atoms. The Kier molecular flexibility index (Phi) is 3.54. The van der Waals surface area contributed by atoms with Crippen LogP contribution in [0.2, 0.25) is 0 Å². The molecule has 0 aliphatic rings. The number of hydrogen-bond donors (Lipinski definition) is 0. The molecular formula is C13H15N3O5. The van der Waals surface area contributed by atoms with Gasteiger partial charge in [0.2, 0.25) is 0 Å². The first-order valence-corrected chi connectivity index (χ1v) is 6.19. The molecule has 0 bridgehead atoms. The average Bonchev–Trinajstić information content (AvgIpc) is 2.78. The predicted molar refractivity (Wildman–Crippen MR) is 75.3 cm³/mol. The molecule has 1 aromatic carbocycles. The van der Waals surface area contributed by atoms with E-state index in [1.54, 1.807) is 20.8 Å². The van der Waals surface area contributed by atoms with Gasteiger partial charge in [-0.15, -0.1) is 0 Å². The molecule has 1 heterocycles. The van der Waals surface area contributed by atoms with E-state index in [2.05, 4.69) is 5.16 Å². The summed E-state index contributed by atoms with van der Waals surface area (Å²) in [6.07, 6.45) is -0.587. The molecule has 0 radical (unpaired) electrons. The lowest BCUT2D eigenvalue weighted by Crippen LogP contribution is -2.34. The lowest BCUT2D eigenvalue weighted by Gasteiger charge is -2.23. The Balaban J connectivity index is 2.34. The van der Waals surface area contributed by atoms with Crippen LogP contribution in [0.15, 0.2) is 22.7 Å². The Hall–Kier alpha value is -2.64. The maximum Gasteiger partial charge on any atom is 0.415 e. The summed E-state index contributed by atoms with van der Waals surface area (Å²) in [5, 5.41) is 15.0. The van der Waals surface area contributed by atoms with Gasteiger partial charge in [-0.1, -0.05) is 5.16 Å². The van der Waals surface area contributed by atoms with Crippen LogP contribution in [0.4, 0.5) is 16.3 Å². The van der Waals surface area contributed by atoms with Gasteiger partial charge in [0.15, 0.2) is 11.4 Å². The third-order valence-electron chi connectivity index (χ3n) is 2.63. The van der Waals surface area contributed by atoms with Crippen molar-refractivity contribution in [2.45, 2.75) is 26.4 Å². The van der Waals surface area contributed by atoms with E-state index in [0.29, 0.717) is 5.39 Å². The van der Waals surface area contributed by atoms with Crippen LogP contribution in [0.1, 0.15) is 20.8 Å². The highest BCUT2D eigenvalue weighted by Crippen LogP contribution is 2.29. The van der Waals surface area contributed by atoms with Crippen molar-refractivity contribution in [3.63, 3.8) is 0 Å². The van der Waals surface area contributed by atoms with Crippen molar-refractivity contribution < 1.29 is 19.0 Å². The van der Waals surface area contributed by atoms with Gasteiger partial charge in [0.05, 0.1) is 16.4 Å². The van der Waals surface area contributed by atoms with E-state index in [1.165, 1.54) is 30.1 Å². The Morgan fingerprint density at radius 3 is 2.67 bits per heavy atom. The molecular weight excluding hydrogens is 278 g/mol. The Labute approximate surface area is 120 Å². The molecule has 8 nitrogen and oxygen atoms in total. The van der Waals surface area contributed by atoms with Gasteiger partial charge in [0, 0.05) is 13.1 Å². The zero-order valence-electron chi connectivity index (χ0n) is 12.1. The van der Waals surface area contributed by atoms with Gasteiger partial charge < -0.3 is 9.26 Å². The molecule has 112 valence electrons. The first-order chi connectivity index (χ1) is 9.69. The van der Waals surface area contributed by atoms with Gasteiger partial charge in [-0.05, 0) is 26.8 Å². The molecule has 0 spiro atoms. The van der Waals surface area contributed by atoms with E-state index in [-0.39, 0.29) is 17.1 Å². The summed E-state index contributed by atoms with van der Waals surface area (Å²) >= 11 is 0. The number of amides is 1. The molecule has 0 atom stereocenters. The lowest BCUT2D eigenvalue weighted by atomic mass is 10.2. The number of carbonyl (C=O) groups is 1. The van der Waals surface area contributed by atoms with Crippen LogP contribution >= 0.6 is 0 Å². The highest BCUT2D eigenvalue weighted by Gasteiger charge is 2.24. The average molecular weight is 293 g/mol. The first-order valence-electron chi connectivity index (χ1n) is 6.19. The summed E-state index contributed by atoms with van der Waals surface area (Å²) in [7, 11) is 1.49. The SMILES string of the molecule is CN(C(=O)OC(C)(C)C)c1noc2cc([N+](=O)[O-])ccc12. The normalized spacial score (nSPS) is 11.4. The number of nitro benzene ring substituents is 1. The molecule has 1 amide bonds. The van der Waals surface area contributed by atoms with Gasteiger partial charge in [-0.3, -0.25) is 15.0 Å². The molecule has 0 saturated heterocycles. The Bertz CT molecular complexity index is 701. The fraction of sp³-hybridized carbons (Fsp3) is 0.385. The van der Waals surface area contributed by atoms with E-state index in [1.807, 2.05) is 0 Å². The highest BCUT2D eigenvalue weighted by atomic mass is 16.6. The van der Waals surface area contributed by atoms with Crippen LogP contribution in [0.25, 0.3) is 11.0 Å². The van der Waals surface area contributed by atoms with Gasteiger partial charge in [-0.2, -0.15) is 0 Å². The van der Waals surface area contributed by atoms with E-state index < -0.39 is 16.6 Å². The molecule has 0 aliphatic heterocycles. The number of nitro groups is 1. The number of nitrogens with zero attached hydrogens (tertiary/aromatic N) is 3. The molecule has 0 unspecified atom stereocenters. The van der Waals surface area contributed by atoms with Crippen LogP contribution in [-0.4, -0.2) is 28.8 Å². The quantitative estimate of drug-likeness (QED) is 0.623. The number of anilines is 1. The van der Waals surface area contributed by atoms with Crippen molar-refractivity contribution in [2.75, 3.05) is 11.9 Å². The summed E-state index contributed by atoms with van der Waals surface area (Å²) in [5.41, 5.74) is -0.510. The number of ether oxygens (including phenoxy) is 1. The molecule has 0 saturated carbocycles. The third kappa shape index (κ3) is 3.10. The van der Waals surface area contributed by atoms with Crippen molar-refractivity contribution in [1.29, 1.82) is 0 Å². The zero-order valence-corrected chi connectivity index (χ0v) is 12.1. The molecule has 1 aromatic heterocycles. The van der Waals surface area contributed by atoms with Crippen LogP contribution in [-0.2, 0) is 4.74 Å². The second kappa shape index (κ2) is 5.04. The molecule has 8 heteroatoms. The Morgan fingerprint density at radius 1 is 1.43 bits per heavy atom. The summed E-state index contributed by atoms with van der Waals surface area (Å²) in [6.45, 7) is 5.26. The highest BCUT2D eigenvalue weighted by molar-refractivity contribution is 5.98. The van der Waals surface area contributed by atoms with E-state index in [4.69, 9.17) is 9.26 Å². The number of fused-ring (bicyclic) bond motifs is 1. The van der Waals surface area contributed by atoms with Gasteiger partial charge in [0.1, 0.15) is 5.60 Å². The zero-order chi connectivity index (χ0) is 15.8. The van der Waals surface area contributed by atoms with Crippen LogP contribution < -0.4 is 4.90 Å². The predicted octanol–water partition coefficient (Wildman–Crippen LogP) is 3.11. The number of non-ortho nitro benzene ring substituents is 1. The third-order valence-corrected chi connectivity index (χ3v) is 2.63. The molecule has 0 aliphatic carbocycles. The molecule has 2 rings (SSSR count). The number of hydrogen-bond acceptors (Lipinski definition) is 6. The fourth-order valence-corrected chi connectivity index (χ4v) is 1.69. The minimum absolute atomic E-state index is 0.106. The second-order valence-corrected chi connectivity index (χ2v) is 5.48. The number of carbonyl (C=O) groups excluding carboxylic acids is 1. The maximum absolute atomic E-state index is 12.0. The molecule has 0 fully saturated rings. The lowest BCUT2D eigenvalue weighted by molar-refractivity contribution is -0.384. The minimum atomic E-state index is -0.635. The fourth-order valence-electron chi connectivity index (χ4n) is 1.69. The Morgan fingerprint density at radius 2 is 2.10 bits per heavy atom. The van der Waals surface area contributed by atoms with E-state index in [0.717, 1.165) is 0 Å². The monoisotopic (exact) mass is 293 g/mol. The van der Waals surface area contributed by atoms with Crippen molar-refractivity contribution in [2.24, 2.45) is 0 Å². The number of rotatable bonds is 2. The van der Waals surface area contributed by atoms with Crippen LogP contribution in [0.3, 0.4) is 0 Å². The topological polar surface area (TPSA) is 98.7 Å². The summed E-state index contributed by atoms with van der Waals surface area (Å²) in [5.74, 6) is 0.245. The minimum Gasteiger partial charge on any atom is -0.443 e. The van der Waals surface area contributed by atoms with Crippen molar-refractivity contribution in [1.82, 2.24) is 5.16 Å². The van der Waals surface area contributed by atoms with E-state index in [9.17, 15) is 14.9 Å². The second-order valence-electron chi connectivity index (χ2n) is 5.48. The number of aromatic nitrogens is 1. The van der Waals surface area contributed by atoms with Crippen LogP contribution in [0.5, 0.6) is 0 Å².